The molecule has 0 spiro atoms. The van der Waals surface area contributed by atoms with E-state index in [1.807, 2.05) is 6.92 Å². The van der Waals surface area contributed by atoms with E-state index in [-0.39, 0.29) is 24.3 Å². The highest BCUT2D eigenvalue weighted by molar-refractivity contribution is 5.94. The lowest BCUT2D eigenvalue weighted by atomic mass is 9.95. The maximum absolute atomic E-state index is 12.6. The van der Waals surface area contributed by atoms with E-state index in [4.69, 9.17) is 9.26 Å². The molecular formula is C19H24N4O4. The lowest BCUT2D eigenvalue weighted by molar-refractivity contribution is -0.126. The summed E-state index contributed by atoms with van der Waals surface area (Å²) >= 11 is 0. The van der Waals surface area contributed by atoms with Crippen LogP contribution in [0.15, 0.2) is 28.8 Å². The van der Waals surface area contributed by atoms with Crippen molar-refractivity contribution in [1.29, 1.82) is 0 Å². The third-order valence-electron chi connectivity index (χ3n) is 4.55. The Morgan fingerprint density at radius 3 is 2.56 bits per heavy atom. The van der Waals surface area contributed by atoms with Gasteiger partial charge in [0.05, 0.1) is 13.2 Å². The number of benzene rings is 1. The molecule has 2 amide bonds. The minimum absolute atomic E-state index is 0.0155. The maximum atomic E-state index is 12.6. The van der Waals surface area contributed by atoms with Gasteiger partial charge < -0.3 is 19.5 Å². The van der Waals surface area contributed by atoms with Crippen molar-refractivity contribution < 1.29 is 18.8 Å². The summed E-state index contributed by atoms with van der Waals surface area (Å²) in [5.41, 5.74) is 0.633. The molecule has 1 aliphatic heterocycles. The van der Waals surface area contributed by atoms with Gasteiger partial charge in [0.15, 0.2) is 5.82 Å². The quantitative estimate of drug-likeness (QED) is 0.832. The number of piperidine rings is 1. The first kappa shape index (κ1) is 18.9. The van der Waals surface area contributed by atoms with Crippen LogP contribution in [0.4, 0.5) is 0 Å². The number of amides is 2. The van der Waals surface area contributed by atoms with Crippen molar-refractivity contribution in [3.63, 3.8) is 0 Å². The Labute approximate surface area is 157 Å². The van der Waals surface area contributed by atoms with E-state index in [9.17, 15) is 9.59 Å². The average molecular weight is 372 g/mol. The lowest BCUT2D eigenvalue weighted by Crippen LogP contribution is -2.42. The van der Waals surface area contributed by atoms with E-state index in [0.29, 0.717) is 49.8 Å². The van der Waals surface area contributed by atoms with Crippen molar-refractivity contribution in [2.75, 3.05) is 19.7 Å². The summed E-state index contributed by atoms with van der Waals surface area (Å²) in [6.07, 6.45) is 1.27. The number of hydrogen-bond acceptors (Lipinski definition) is 6. The minimum atomic E-state index is -0.113. The summed E-state index contributed by atoms with van der Waals surface area (Å²) in [4.78, 5) is 30.8. The van der Waals surface area contributed by atoms with Crippen molar-refractivity contribution in [2.45, 2.75) is 33.2 Å². The number of carbonyl (C=O) groups excluding carboxylic acids is 2. The molecular weight excluding hydrogens is 348 g/mol. The predicted molar refractivity (Wildman–Crippen MR) is 97.1 cm³/mol. The number of hydrogen-bond donors (Lipinski definition) is 1. The first-order valence-electron chi connectivity index (χ1n) is 9.16. The number of rotatable bonds is 6. The van der Waals surface area contributed by atoms with Crippen LogP contribution in [-0.4, -0.2) is 46.6 Å². The molecule has 27 heavy (non-hydrogen) atoms. The van der Waals surface area contributed by atoms with E-state index < -0.39 is 0 Å². The fraction of sp³-hybridized carbons (Fsp3) is 0.474. The van der Waals surface area contributed by atoms with Crippen molar-refractivity contribution in [2.24, 2.45) is 5.92 Å². The minimum Gasteiger partial charge on any atom is -0.494 e. The molecule has 1 fully saturated rings. The van der Waals surface area contributed by atoms with E-state index in [1.165, 1.54) is 0 Å². The van der Waals surface area contributed by atoms with E-state index in [1.54, 1.807) is 36.1 Å². The second-order valence-corrected chi connectivity index (χ2v) is 6.48. The molecule has 8 heteroatoms. The largest absolute Gasteiger partial charge is 0.494 e. The summed E-state index contributed by atoms with van der Waals surface area (Å²) in [6, 6.07) is 7.16. The third kappa shape index (κ3) is 4.84. The molecule has 2 aromatic rings. The second kappa shape index (κ2) is 8.66. The highest BCUT2D eigenvalue weighted by Crippen LogP contribution is 2.20. The molecule has 0 saturated carbocycles. The normalized spacial score (nSPS) is 14.8. The highest BCUT2D eigenvalue weighted by Gasteiger charge is 2.28. The Morgan fingerprint density at radius 2 is 1.96 bits per heavy atom. The molecule has 0 atom stereocenters. The summed E-state index contributed by atoms with van der Waals surface area (Å²) in [5, 5.41) is 6.51. The molecule has 1 N–H and O–H groups in total. The van der Waals surface area contributed by atoms with Gasteiger partial charge in [-0.05, 0) is 51.0 Å². The fourth-order valence-electron chi connectivity index (χ4n) is 3.11. The predicted octanol–water partition coefficient (Wildman–Crippen LogP) is 1.95. The summed E-state index contributed by atoms with van der Waals surface area (Å²) < 4.78 is 10.4. The number of nitrogens with zero attached hydrogens (tertiary/aromatic N) is 3. The third-order valence-corrected chi connectivity index (χ3v) is 4.55. The van der Waals surface area contributed by atoms with Crippen molar-refractivity contribution in [3.05, 3.63) is 41.5 Å². The molecule has 144 valence electrons. The van der Waals surface area contributed by atoms with Crippen molar-refractivity contribution >= 4 is 11.8 Å². The summed E-state index contributed by atoms with van der Waals surface area (Å²) in [7, 11) is 0. The maximum Gasteiger partial charge on any atom is 0.253 e. The Morgan fingerprint density at radius 1 is 1.26 bits per heavy atom. The van der Waals surface area contributed by atoms with Crippen LogP contribution in [0.2, 0.25) is 0 Å². The zero-order chi connectivity index (χ0) is 19.2. The molecule has 1 saturated heterocycles. The molecule has 0 unspecified atom stereocenters. The molecule has 2 heterocycles. The SMILES string of the molecule is CCOc1ccc(C(=O)N2CCC(C(=O)NCc3nc(C)no3)CC2)cc1. The molecule has 0 radical (unpaired) electrons. The molecule has 8 nitrogen and oxygen atoms in total. The van der Waals surface area contributed by atoms with Gasteiger partial charge in [0.2, 0.25) is 11.8 Å². The van der Waals surface area contributed by atoms with Gasteiger partial charge in [-0.3, -0.25) is 9.59 Å². The molecule has 1 aliphatic rings. The zero-order valence-corrected chi connectivity index (χ0v) is 15.6. The number of likely N-dealkylation sites (tertiary alicyclic amines) is 1. The first-order valence-corrected chi connectivity index (χ1v) is 9.16. The van der Waals surface area contributed by atoms with Gasteiger partial charge in [-0.2, -0.15) is 4.98 Å². The van der Waals surface area contributed by atoms with Gasteiger partial charge in [-0.25, -0.2) is 0 Å². The molecule has 0 aliphatic carbocycles. The smallest absolute Gasteiger partial charge is 0.253 e. The number of carbonyl (C=O) groups is 2. The summed E-state index contributed by atoms with van der Waals surface area (Å²) in [6.45, 7) is 5.59. The monoisotopic (exact) mass is 372 g/mol. The van der Waals surface area contributed by atoms with E-state index >= 15 is 0 Å². The Kier molecular flexibility index (Phi) is 6.05. The first-order chi connectivity index (χ1) is 13.1. The van der Waals surface area contributed by atoms with Crippen molar-refractivity contribution in [3.8, 4) is 5.75 Å². The van der Waals surface area contributed by atoms with Crippen LogP contribution >= 0.6 is 0 Å². The molecule has 0 bridgehead atoms. The van der Waals surface area contributed by atoms with E-state index in [0.717, 1.165) is 5.75 Å². The number of aromatic nitrogens is 2. The Balaban J connectivity index is 1.47. The van der Waals surface area contributed by atoms with Crippen LogP contribution in [0.5, 0.6) is 5.75 Å². The molecule has 1 aromatic carbocycles. The zero-order valence-electron chi connectivity index (χ0n) is 15.6. The van der Waals surface area contributed by atoms with Crippen LogP contribution in [0.3, 0.4) is 0 Å². The van der Waals surface area contributed by atoms with Gasteiger partial charge >= 0.3 is 0 Å². The Hall–Kier alpha value is -2.90. The van der Waals surface area contributed by atoms with E-state index in [2.05, 4.69) is 15.5 Å². The lowest BCUT2D eigenvalue weighted by Gasteiger charge is -2.31. The van der Waals surface area contributed by atoms with Crippen LogP contribution in [0, 0.1) is 12.8 Å². The fourth-order valence-corrected chi connectivity index (χ4v) is 3.11. The average Bonchev–Trinajstić information content (AvgIpc) is 3.12. The summed E-state index contributed by atoms with van der Waals surface area (Å²) in [5.74, 6) is 1.51. The second-order valence-electron chi connectivity index (χ2n) is 6.48. The molecule has 1 aromatic heterocycles. The highest BCUT2D eigenvalue weighted by atomic mass is 16.5. The van der Waals surface area contributed by atoms with Gasteiger partial charge in [-0.15, -0.1) is 0 Å². The number of ether oxygens (including phenoxy) is 1. The van der Waals surface area contributed by atoms with Crippen LogP contribution in [0.1, 0.15) is 41.8 Å². The van der Waals surface area contributed by atoms with Gasteiger partial charge in [0.1, 0.15) is 5.75 Å². The van der Waals surface area contributed by atoms with Crippen LogP contribution in [-0.2, 0) is 11.3 Å². The number of aryl methyl sites for hydroxylation is 1. The molecule has 3 rings (SSSR count). The van der Waals surface area contributed by atoms with Crippen molar-refractivity contribution in [1.82, 2.24) is 20.4 Å². The topological polar surface area (TPSA) is 97.6 Å². The standard InChI is InChI=1S/C19H24N4O4/c1-3-26-16-6-4-15(5-7-16)19(25)23-10-8-14(9-11-23)18(24)20-12-17-21-13(2)22-27-17/h4-7,14H,3,8-12H2,1-2H3,(H,20,24). The van der Waals surface area contributed by atoms with Gasteiger partial charge in [0, 0.05) is 24.6 Å². The van der Waals surface area contributed by atoms with Gasteiger partial charge in [0.25, 0.3) is 5.91 Å². The van der Waals surface area contributed by atoms with Gasteiger partial charge in [-0.1, -0.05) is 5.16 Å². The van der Waals surface area contributed by atoms with Crippen LogP contribution < -0.4 is 10.1 Å². The Bertz CT molecular complexity index is 779. The number of nitrogens with one attached hydrogen (secondary N) is 1. The van der Waals surface area contributed by atoms with Crippen LogP contribution in [0.25, 0.3) is 0 Å².